The highest BCUT2D eigenvalue weighted by atomic mass is 31.1. The first-order valence-corrected chi connectivity index (χ1v) is 16.1. The quantitative estimate of drug-likeness (QED) is 0.105. The number of nitrogens with zero attached hydrogens (tertiary/aromatic N) is 3. The Morgan fingerprint density at radius 2 is 1.45 bits per heavy atom. The number of rotatable bonds is 25. The Kier molecular flexibility index (Phi) is 18.4. The molecule has 0 bridgehead atoms. The van der Waals surface area contributed by atoms with Gasteiger partial charge in [0.25, 0.3) is 5.91 Å². The van der Waals surface area contributed by atoms with Crippen LogP contribution in [-0.4, -0.2) is 69.2 Å². The van der Waals surface area contributed by atoms with Gasteiger partial charge in [0.1, 0.15) is 25.1 Å². The van der Waals surface area contributed by atoms with Crippen molar-refractivity contribution in [3.63, 3.8) is 0 Å². The minimum absolute atomic E-state index is 0.0495. The maximum Gasteiger partial charge on any atom is 0.700 e. The van der Waals surface area contributed by atoms with Gasteiger partial charge in [0.05, 0.1) is 6.61 Å². The fraction of sp³-hybridized carbons (Fsp3) is 0.889. The van der Waals surface area contributed by atoms with Gasteiger partial charge in [-0.15, -0.1) is 9.62 Å². The molecule has 0 aromatic carbocycles. The van der Waals surface area contributed by atoms with Gasteiger partial charge in [-0.05, 0) is 6.42 Å². The molecule has 13 heteroatoms. The van der Waals surface area contributed by atoms with Crippen molar-refractivity contribution in [1.29, 1.82) is 0 Å². The lowest BCUT2D eigenvalue weighted by Crippen LogP contribution is -2.32. The van der Waals surface area contributed by atoms with Crippen LogP contribution in [0.15, 0.2) is 6.33 Å². The Bertz CT molecular complexity index is 830. The smallest absolute Gasteiger partial charge is 0.385 e. The van der Waals surface area contributed by atoms with Gasteiger partial charge < -0.3 is 25.4 Å². The molecule has 1 aliphatic heterocycles. The fourth-order valence-corrected chi connectivity index (χ4v) is 5.21. The lowest BCUT2D eigenvalue weighted by molar-refractivity contribution is -0.130. The van der Waals surface area contributed by atoms with E-state index < -0.39 is 38.9 Å². The number of primary amides is 1. The van der Waals surface area contributed by atoms with Crippen LogP contribution < -0.4 is 5.73 Å². The molecule has 1 amide bonds. The lowest BCUT2D eigenvalue weighted by atomic mass is 10.0. The second-order valence-corrected chi connectivity index (χ2v) is 11.3. The van der Waals surface area contributed by atoms with E-state index in [1.54, 1.807) is 0 Å². The van der Waals surface area contributed by atoms with E-state index >= 15 is 0 Å². The molecular weight excluding hydrogens is 539 g/mol. The largest absolute Gasteiger partial charge is 0.700 e. The van der Waals surface area contributed by atoms with E-state index in [4.69, 9.17) is 24.3 Å². The maximum atomic E-state index is 12.1. The number of hydrogen-bond donors (Lipinski definition) is 3. The van der Waals surface area contributed by atoms with E-state index in [1.807, 2.05) is 0 Å². The average Bonchev–Trinajstić information content (AvgIpc) is 3.53. The van der Waals surface area contributed by atoms with Crippen LogP contribution in [0.5, 0.6) is 0 Å². The number of hydrogen-bond acceptors (Lipinski definition) is 10. The summed E-state index contributed by atoms with van der Waals surface area (Å²) in [5.41, 5.74) is 5.10. The third-order valence-electron chi connectivity index (χ3n) is 6.94. The number of unbranched alkanes of at least 4 members (excludes halogenated alkanes) is 15. The molecule has 0 saturated carbocycles. The van der Waals surface area contributed by atoms with Crippen LogP contribution in [0.1, 0.15) is 127 Å². The van der Waals surface area contributed by atoms with E-state index in [0.717, 1.165) is 23.9 Å². The summed E-state index contributed by atoms with van der Waals surface area (Å²) in [6.45, 7) is 3.19. The molecule has 0 aliphatic carbocycles. The third-order valence-corrected chi connectivity index (χ3v) is 7.71. The number of aromatic nitrogens is 3. The number of carbonyl (C=O) groups excluding carboxylic acids is 1. The number of carbonyl (C=O) groups is 1. The van der Waals surface area contributed by atoms with Crippen molar-refractivity contribution < 1.29 is 38.1 Å². The van der Waals surface area contributed by atoms with Crippen molar-refractivity contribution in [3.8, 4) is 0 Å². The van der Waals surface area contributed by atoms with Crippen LogP contribution in [-0.2, 0) is 23.1 Å². The van der Waals surface area contributed by atoms with Crippen molar-refractivity contribution in [2.75, 3.05) is 19.8 Å². The topological polar surface area (TPSA) is 168 Å². The first kappa shape index (κ1) is 34.7. The van der Waals surface area contributed by atoms with E-state index in [0.29, 0.717) is 6.61 Å². The van der Waals surface area contributed by atoms with E-state index in [9.17, 15) is 19.6 Å². The minimum Gasteiger partial charge on any atom is -0.385 e. The predicted molar refractivity (Wildman–Crippen MR) is 149 cm³/mol. The van der Waals surface area contributed by atoms with Gasteiger partial charge in [0, 0.05) is 11.2 Å². The van der Waals surface area contributed by atoms with Crippen molar-refractivity contribution in [1.82, 2.24) is 14.8 Å². The molecule has 12 nitrogen and oxygen atoms in total. The number of amides is 1. The Morgan fingerprint density at radius 3 is 1.98 bits per heavy atom. The van der Waals surface area contributed by atoms with Gasteiger partial charge in [-0.25, -0.2) is 9.67 Å². The number of aliphatic hydroxyl groups excluding tert-OH is 2. The van der Waals surface area contributed by atoms with Crippen LogP contribution in [0.4, 0.5) is 0 Å². The number of aliphatic hydroxyl groups is 2. The summed E-state index contributed by atoms with van der Waals surface area (Å²) in [5.74, 6) is -1.13. The highest BCUT2D eigenvalue weighted by Crippen LogP contribution is 2.36. The van der Waals surface area contributed by atoms with Gasteiger partial charge in [-0.2, -0.15) is 0 Å². The molecule has 1 fully saturated rings. The zero-order valence-corrected chi connectivity index (χ0v) is 24.9. The lowest BCUT2D eigenvalue weighted by Gasteiger charge is -2.13. The summed E-state index contributed by atoms with van der Waals surface area (Å²) >= 11 is 0. The summed E-state index contributed by atoms with van der Waals surface area (Å²) in [6.07, 6.45) is 16.6. The molecule has 0 spiro atoms. The Hall–Kier alpha value is -1.53. The van der Waals surface area contributed by atoms with Gasteiger partial charge in [0.2, 0.25) is 12.1 Å². The molecule has 1 aromatic heterocycles. The predicted octanol–water partition coefficient (Wildman–Crippen LogP) is 4.92. The fourth-order valence-electron chi connectivity index (χ4n) is 4.58. The first-order valence-electron chi connectivity index (χ1n) is 15.0. The Morgan fingerprint density at radius 1 is 0.900 bits per heavy atom. The first-order chi connectivity index (χ1) is 19.4. The number of ether oxygens (including phenoxy) is 2. The van der Waals surface area contributed by atoms with Crippen LogP contribution >= 0.6 is 8.25 Å². The Balaban J connectivity index is 1.38. The van der Waals surface area contributed by atoms with Crippen LogP contribution in [0.3, 0.4) is 0 Å². The molecule has 1 saturated heterocycles. The minimum atomic E-state index is -2.62. The summed E-state index contributed by atoms with van der Waals surface area (Å²) < 4.78 is 34.2. The molecule has 1 aromatic rings. The van der Waals surface area contributed by atoms with Crippen molar-refractivity contribution >= 4 is 14.2 Å². The van der Waals surface area contributed by atoms with Crippen LogP contribution in [0.25, 0.3) is 0 Å². The molecule has 4 N–H and O–H groups in total. The van der Waals surface area contributed by atoms with Gasteiger partial charge >= 0.3 is 8.25 Å². The van der Waals surface area contributed by atoms with Gasteiger partial charge in [-0.3, -0.25) is 4.79 Å². The molecule has 230 valence electrons. The van der Waals surface area contributed by atoms with Crippen molar-refractivity contribution in [2.24, 2.45) is 5.73 Å². The van der Waals surface area contributed by atoms with Crippen molar-refractivity contribution in [3.05, 3.63) is 12.2 Å². The molecule has 2 heterocycles. The van der Waals surface area contributed by atoms with Gasteiger partial charge in [0.15, 0.2) is 6.23 Å². The summed E-state index contributed by atoms with van der Waals surface area (Å²) in [5, 5.41) is 24.1. The number of nitrogens with two attached hydrogens (primary N) is 1. The molecule has 5 atom stereocenters. The highest BCUT2D eigenvalue weighted by Gasteiger charge is 2.49. The van der Waals surface area contributed by atoms with Crippen LogP contribution in [0.2, 0.25) is 0 Å². The highest BCUT2D eigenvalue weighted by molar-refractivity contribution is 7.33. The standard InChI is InChI=1S/C27H49N4O8P/c1-2-3-4-5-6-7-8-9-10-11-12-13-14-15-16-17-18-36-19-20-37-40(35)39-27-23(33)22(32)26(38-27)31-21-29-25(30-31)24(28)34/h21-23,26-27,32-33H,2-20H2,1H3,(H-,28,34)/p+1/t22-,23+,26-,27-/m1/s1. The second-order valence-electron chi connectivity index (χ2n) is 10.4. The van der Waals surface area contributed by atoms with Gasteiger partial charge in [-0.1, -0.05) is 108 Å². The normalized spacial score (nSPS) is 21.2. The third kappa shape index (κ3) is 13.9. The molecule has 2 rings (SSSR count). The average molecular weight is 590 g/mol. The molecule has 40 heavy (non-hydrogen) atoms. The molecule has 1 unspecified atom stereocenters. The zero-order chi connectivity index (χ0) is 29.0. The Labute approximate surface area is 239 Å². The monoisotopic (exact) mass is 589 g/mol. The van der Waals surface area contributed by atoms with Crippen molar-refractivity contribution in [2.45, 2.75) is 134 Å². The second kappa shape index (κ2) is 21.2. The van der Waals surface area contributed by atoms with Crippen LogP contribution in [0, 0.1) is 0 Å². The molecular formula is C27H50N4O8P+. The summed E-state index contributed by atoms with van der Waals surface area (Å²) in [7, 11) is -2.62. The zero-order valence-electron chi connectivity index (χ0n) is 24.0. The summed E-state index contributed by atoms with van der Waals surface area (Å²) in [4.78, 5) is 14.8. The molecule has 0 radical (unpaired) electrons. The SMILES string of the molecule is CCCCCCCCCCCCCCCCCCOCCO[P+](=O)O[C@H]1O[C@@H](n2cnc(C(N)=O)n2)[C@H](O)[C@@H]1O. The molecule has 1 aliphatic rings. The van der Waals surface area contributed by atoms with E-state index in [-0.39, 0.29) is 19.0 Å². The van der Waals surface area contributed by atoms with E-state index in [2.05, 4.69) is 17.0 Å². The summed E-state index contributed by atoms with van der Waals surface area (Å²) in [6, 6.07) is 0. The van der Waals surface area contributed by atoms with E-state index in [1.165, 1.54) is 89.9 Å². The maximum absolute atomic E-state index is 12.1.